The van der Waals surface area contributed by atoms with E-state index in [2.05, 4.69) is 39.2 Å². The number of carbonyl (C=O) groups excluding carboxylic acids is 1. The number of fused-ring (bicyclic) bond motifs is 4. The first kappa shape index (κ1) is 25.0. The van der Waals surface area contributed by atoms with E-state index < -0.39 is 0 Å². The van der Waals surface area contributed by atoms with E-state index in [1.807, 2.05) is 47.4 Å². The van der Waals surface area contributed by atoms with Gasteiger partial charge in [0, 0.05) is 25.2 Å². The topological polar surface area (TPSA) is 59.6 Å². The molecule has 0 aliphatic rings. The summed E-state index contributed by atoms with van der Waals surface area (Å²) in [5, 5.41) is 0.605. The number of hydrogen-bond donors (Lipinski definition) is 0. The summed E-state index contributed by atoms with van der Waals surface area (Å²) < 4.78 is 3.81. The Bertz CT molecular complexity index is 1380. The molecule has 0 atom stereocenters. The molecule has 2 heterocycles. The van der Waals surface area contributed by atoms with Crippen molar-refractivity contribution < 1.29 is 4.79 Å². The Balaban J connectivity index is 1.85. The fourth-order valence-electron chi connectivity index (χ4n) is 4.55. The van der Waals surface area contributed by atoms with Gasteiger partial charge >= 0.3 is 0 Å². The van der Waals surface area contributed by atoms with E-state index in [9.17, 15) is 9.59 Å². The molecule has 35 heavy (non-hydrogen) atoms. The normalized spacial score (nSPS) is 12.0. The van der Waals surface area contributed by atoms with Crippen LogP contribution in [0.25, 0.3) is 27.7 Å². The summed E-state index contributed by atoms with van der Waals surface area (Å²) in [6, 6.07) is 13.2. The second-order valence-corrected chi connectivity index (χ2v) is 10.4. The van der Waals surface area contributed by atoms with Crippen molar-refractivity contribution in [3.05, 3.63) is 58.4 Å². The van der Waals surface area contributed by atoms with Crippen LogP contribution in [0.3, 0.4) is 0 Å². The third kappa shape index (κ3) is 5.12. The van der Waals surface area contributed by atoms with Gasteiger partial charge in [0.1, 0.15) is 0 Å². The molecular weight excluding hydrogens is 436 g/mol. The van der Waals surface area contributed by atoms with Crippen LogP contribution in [0.15, 0.2) is 47.3 Å². The smallest absolute Gasteiger partial charge is 0.267 e. The molecule has 2 aromatic heterocycles. The van der Waals surface area contributed by atoms with E-state index in [1.165, 1.54) is 0 Å². The lowest BCUT2D eigenvalue weighted by Gasteiger charge is -2.24. The molecule has 2 aromatic carbocycles. The van der Waals surface area contributed by atoms with Crippen molar-refractivity contribution in [3.8, 4) is 0 Å². The third-order valence-electron chi connectivity index (χ3n) is 6.73. The molecule has 0 radical (unpaired) electrons. The molecule has 6 nitrogen and oxygen atoms in total. The summed E-state index contributed by atoms with van der Waals surface area (Å²) in [4.78, 5) is 34.0. The minimum Gasteiger partial charge on any atom is -0.339 e. The first-order valence-electron chi connectivity index (χ1n) is 13.0. The summed E-state index contributed by atoms with van der Waals surface area (Å²) in [5.41, 5.74) is 2.98. The molecule has 0 bridgehead atoms. The highest BCUT2D eigenvalue weighted by Gasteiger charge is 2.20. The second kappa shape index (κ2) is 10.6. The highest BCUT2D eigenvalue weighted by Crippen LogP contribution is 2.24. The Morgan fingerprint density at radius 2 is 1.66 bits per heavy atom. The maximum absolute atomic E-state index is 13.6. The van der Waals surface area contributed by atoms with Gasteiger partial charge in [-0.05, 0) is 61.4 Å². The highest BCUT2D eigenvalue weighted by molar-refractivity contribution is 5.98. The van der Waals surface area contributed by atoms with Crippen molar-refractivity contribution in [1.82, 2.24) is 18.9 Å². The van der Waals surface area contributed by atoms with Crippen LogP contribution in [-0.2, 0) is 6.54 Å². The lowest BCUT2D eigenvalue weighted by Crippen LogP contribution is -2.34. The van der Waals surface area contributed by atoms with Crippen LogP contribution in [0.4, 0.5) is 0 Å². The molecule has 0 saturated carbocycles. The standard InChI is InChI=1S/C29H38N4O2/c1-6-7-16-32-26-19-22(27(34)31(17-14-20(2)3)18-15-21(4)5)12-13-25(26)33-28(35)23-10-8-9-11-24(23)30-29(32)33/h8-13,19-21H,6-7,14-18H2,1-5H3. The summed E-state index contributed by atoms with van der Waals surface area (Å²) >= 11 is 0. The predicted octanol–water partition coefficient (Wildman–Crippen LogP) is 6.14. The Morgan fingerprint density at radius 1 is 0.971 bits per heavy atom. The zero-order valence-electron chi connectivity index (χ0n) is 21.8. The number of carbonyl (C=O) groups is 1. The molecule has 6 heteroatoms. The molecule has 1 amide bonds. The third-order valence-corrected chi connectivity index (χ3v) is 6.73. The predicted molar refractivity (Wildman–Crippen MR) is 144 cm³/mol. The number of para-hydroxylation sites is 1. The van der Waals surface area contributed by atoms with Crippen LogP contribution in [0.1, 0.15) is 70.7 Å². The van der Waals surface area contributed by atoms with Gasteiger partial charge in [0.15, 0.2) is 0 Å². The number of aryl methyl sites for hydroxylation is 1. The quantitative estimate of drug-likeness (QED) is 0.277. The number of benzene rings is 2. The summed E-state index contributed by atoms with van der Waals surface area (Å²) in [7, 11) is 0. The zero-order valence-corrected chi connectivity index (χ0v) is 21.8. The van der Waals surface area contributed by atoms with Crippen LogP contribution >= 0.6 is 0 Å². The van der Waals surface area contributed by atoms with Gasteiger partial charge in [-0.15, -0.1) is 0 Å². The molecular formula is C29H38N4O2. The highest BCUT2D eigenvalue weighted by atomic mass is 16.2. The lowest BCUT2D eigenvalue weighted by atomic mass is 10.1. The minimum absolute atomic E-state index is 0.0611. The second-order valence-electron chi connectivity index (χ2n) is 10.4. The van der Waals surface area contributed by atoms with Gasteiger partial charge in [-0.1, -0.05) is 53.2 Å². The van der Waals surface area contributed by atoms with E-state index in [0.717, 1.165) is 56.4 Å². The number of hydrogen-bond acceptors (Lipinski definition) is 3. The first-order valence-corrected chi connectivity index (χ1v) is 13.0. The largest absolute Gasteiger partial charge is 0.339 e. The van der Waals surface area contributed by atoms with Gasteiger partial charge < -0.3 is 9.47 Å². The average Bonchev–Trinajstić information content (AvgIpc) is 3.14. The Kier molecular flexibility index (Phi) is 7.58. The van der Waals surface area contributed by atoms with Gasteiger partial charge in [0.05, 0.1) is 21.9 Å². The van der Waals surface area contributed by atoms with Gasteiger partial charge in [-0.2, -0.15) is 0 Å². The van der Waals surface area contributed by atoms with E-state index >= 15 is 0 Å². The molecule has 0 N–H and O–H groups in total. The number of nitrogens with zero attached hydrogens (tertiary/aromatic N) is 4. The van der Waals surface area contributed by atoms with E-state index in [0.29, 0.717) is 34.1 Å². The van der Waals surface area contributed by atoms with Crippen LogP contribution in [0.2, 0.25) is 0 Å². The van der Waals surface area contributed by atoms with Crippen LogP contribution in [-0.4, -0.2) is 37.8 Å². The van der Waals surface area contributed by atoms with Crippen LogP contribution in [0, 0.1) is 11.8 Å². The monoisotopic (exact) mass is 474 g/mol. The lowest BCUT2D eigenvalue weighted by molar-refractivity contribution is 0.0741. The van der Waals surface area contributed by atoms with Crippen molar-refractivity contribution in [1.29, 1.82) is 0 Å². The Labute approximate surface area is 207 Å². The molecule has 0 aliphatic heterocycles. The van der Waals surface area contributed by atoms with Crippen LogP contribution in [0.5, 0.6) is 0 Å². The Hall–Kier alpha value is -3.15. The number of unbranched alkanes of at least 4 members (excludes halogenated alkanes) is 1. The van der Waals surface area contributed by atoms with Gasteiger partial charge in [0.2, 0.25) is 5.78 Å². The fraction of sp³-hybridized carbons (Fsp3) is 0.483. The minimum atomic E-state index is -0.0691. The number of rotatable bonds is 10. The molecule has 186 valence electrons. The van der Waals surface area contributed by atoms with Crippen molar-refractivity contribution in [2.24, 2.45) is 11.8 Å². The number of amides is 1. The van der Waals surface area contributed by atoms with Gasteiger partial charge in [-0.25, -0.2) is 9.38 Å². The summed E-state index contributed by atoms with van der Waals surface area (Å²) in [6.07, 6.45) is 3.96. The van der Waals surface area contributed by atoms with Gasteiger partial charge in [-0.3, -0.25) is 9.59 Å². The van der Waals surface area contributed by atoms with Crippen molar-refractivity contribution in [2.45, 2.75) is 66.8 Å². The molecule has 4 aromatic rings. The zero-order chi connectivity index (χ0) is 25.1. The van der Waals surface area contributed by atoms with Crippen molar-refractivity contribution in [3.63, 3.8) is 0 Å². The average molecular weight is 475 g/mol. The number of imidazole rings is 1. The molecule has 0 aliphatic carbocycles. The van der Waals surface area contributed by atoms with Crippen molar-refractivity contribution in [2.75, 3.05) is 13.1 Å². The molecule has 0 unspecified atom stereocenters. The SMILES string of the molecule is CCCCn1c2cc(C(=O)N(CCC(C)C)CCC(C)C)ccc2n2c(=O)c3ccccc3nc12. The maximum atomic E-state index is 13.6. The van der Waals surface area contributed by atoms with E-state index in [4.69, 9.17) is 4.98 Å². The summed E-state index contributed by atoms with van der Waals surface area (Å²) in [6.45, 7) is 13.2. The number of aromatic nitrogens is 3. The first-order chi connectivity index (χ1) is 16.8. The molecule has 0 fully saturated rings. The molecule has 4 rings (SSSR count). The molecule has 0 saturated heterocycles. The fourth-order valence-corrected chi connectivity index (χ4v) is 4.55. The van der Waals surface area contributed by atoms with Crippen LogP contribution < -0.4 is 5.56 Å². The van der Waals surface area contributed by atoms with E-state index in [1.54, 1.807) is 4.40 Å². The summed E-state index contributed by atoms with van der Waals surface area (Å²) in [5.74, 6) is 1.77. The molecule has 0 spiro atoms. The van der Waals surface area contributed by atoms with Crippen molar-refractivity contribution >= 4 is 33.6 Å². The maximum Gasteiger partial charge on any atom is 0.267 e. The Morgan fingerprint density at radius 3 is 2.31 bits per heavy atom. The van der Waals surface area contributed by atoms with Gasteiger partial charge in [0.25, 0.3) is 11.5 Å². The van der Waals surface area contributed by atoms with E-state index in [-0.39, 0.29) is 11.5 Å².